The number of fused-ring (bicyclic) bond motifs is 1. The summed E-state index contributed by atoms with van der Waals surface area (Å²) in [6.07, 6.45) is 4.11. The molecule has 22 heavy (non-hydrogen) atoms. The van der Waals surface area contributed by atoms with E-state index in [4.69, 9.17) is 0 Å². The van der Waals surface area contributed by atoms with E-state index in [9.17, 15) is 9.59 Å². The van der Waals surface area contributed by atoms with E-state index < -0.39 is 0 Å². The molecule has 1 aliphatic rings. The van der Waals surface area contributed by atoms with Gasteiger partial charge < -0.3 is 4.57 Å². The summed E-state index contributed by atoms with van der Waals surface area (Å²) in [6, 6.07) is 7.59. The fourth-order valence-corrected chi connectivity index (χ4v) is 3.11. The summed E-state index contributed by atoms with van der Waals surface area (Å²) in [7, 11) is 0. The predicted molar refractivity (Wildman–Crippen MR) is 91.0 cm³/mol. The normalized spacial score (nSPS) is 15.0. The van der Waals surface area contributed by atoms with Crippen molar-refractivity contribution in [1.82, 2.24) is 4.57 Å². The van der Waals surface area contributed by atoms with Crippen LogP contribution >= 0.6 is 11.8 Å². The Morgan fingerprint density at radius 1 is 1.27 bits per heavy atom. The molecule has 1 aliphatic heterocycles. The zero-order valence-electron chi connectivity index (χ0n) is 12.5. The number of hydrogen-bond donors (Lipinski definition) is 0. The van der Waals surface area contributed by atoms with Crippen LogP contribution in [0.5, 0.6) is 0 Å². The van der Waals surface area contributed by atoms with Crippen LogP contribution in [0.3, 0.4) is 0 Å². The summed E-state index contributed by atoms with van der Waals surface area (Å²) in [6.45, 7) is 8.51. The maximum absolute atomic E-state index is 12.2. The van der Waals surface area contributed by atoms with Crippen LogP contribution < -0.4 is 4.90 Å². The Hall–Kier alpha value is -2.27. The molecule has 0 N–H and O–H groups in total. The monoisotopic (exact) mass is 312 g/mol. The van der Waals surface area contributed by atoms with Crippen LogP contribution in [0, 0.1) is 0 Å². The van der Waals surface area contributed by atoms with Gasteiger partial charge in [0.15, 0.2) is 0 Å². The van der Waals surface area contributed by atoms with Gasteiger partial charge in [0.1, 0.15) is 0 Å². The van der Waals surface area contributed by atoms with Gasteiger partial charge in [-0.25, -0.2) is 4.90 Å². The third-order valence-corrected chi connectivity index (χ3v) is 4.34. The lowest BCUT2D eigenvalue weighted by molar-refractivity contribution is -0.113. The zero-order valence-corrected chi connectivity index (χ0v) is 13.3. The minimum atomic E-state index is -0.334. The van der Waals surface area contributed by atoms with Gasteiger partial charge in [-0.15, -0.1) is 0 Å². The largest absolute Gasteiger partial charge is 0.344 e. The van der Waals surface area contributed by atoms with Crippen LogP contribution in [0.1, 0.15) is 13.8 Å². The number of hydrogen-bond acceptors (Lipinski definition) is 3. The second-order valence-corrected chi connectivity index (χ2v) is 6.44. The highest BCUT2D eigenvalue weighted by molar-refractivity contribution is 8.18. The van der Waals surface area contributed by atoms with Gasteiger partial charge in [-0.1, -0.05) is 24.3 Å². The zero-order chi connectivity index (χ0) is 15.9. The Morgan fingerprint density at radius 2 is 2.05 bits per heavy atom. The van der Waals surface area contributed by atoms with E-state index in [1.165, 1.54) is 10.5 Å². The molecule has 5 heteroatoms. The van der Waals surface area contributed by atoms with Crippen molar-refractivity contribution >= 4 is 39.5 Å². The van der Waals surface area contributed by atoms with E-state index >= 15 is 0 Å². The smallest absolute Gasteiger partial charge is 0.298 e. The summed E-state index contributed by atoms with van der Waals surface area (Å²) in [4.78, 5) is 25.7. The number of benzene rings is 1. The Kier molecular flexibility index (Phi) is 3.66. The van der Waals surface area contributed by atoms with Crippen LogP contribution in [0.25, 0.3) is 10.9 Å². The molecular formula is C17H16N2O2S. The molecule has 1 aromatic carbocycles. The number of carbonyl (C=O) groups is 2. The van der Waals surface area contributed by atoms with Gasteiger partial charge in [0, 0.05) is 18.1 Å². The van der Waals surface area contributed by atoms with Gasteiger partial charge >= 0.3 is 0 Å². The van der Waals surface area contributed by atoms with Gasteiger partial charge in [0.05, 0.1) is 16.1 Å². The van der Waals surface area contributed by atoms with Crippen molar-refractivity contribution in [2.24, 2.45) is 0 Å². The summed E-state index contributed by atoms with van der Waals surface area (Å²) in [5.41, 5.74) is 2.86. The lowest BCUT2D eigenvalue weighted by atomic mass is 10.2. The van der Waals surface area contributed by atoms with Gasteiger partial charge in [-0.05, 0) is 43.8 Å². The second-order valence-electron chi connectivity index (χ2n) is 5.39. The molecule has 0 saturated carbocycles. The summed E-state index contributed by atoms with van der Waals surface area (Å²) in [5.74, 6) is -0.334. The first-order valence-corrected chi connectivity index (χ1v) is 7.77. The summed E-state index contributed by atoms with van der Waals surface area (Å²) >= 11 is 0.888. The molecule has 0 atom stereocenters. The van der Waals surface area contributed by atoms with Crippen LogP contribution in [-0.2, 0) is 11.3 Å². The molecule has 1 fully saturated rings. The topological polar surface area (TPSA) is 42.3 Å². The van der Waals surface area contributed by atoms with E-state index in [1.807, 2.05) is 24.4 Å². The first-order valence-electron chi connectivity index (χ1n) is 6.95. The first kappa shape index (κ1) is 14.7. The standard InChI is InChI=1S/C17H16N2O2S/c1-11(2)7-9-18-10-8-13-14(18)5-4-6-15(13)19-16(20)12(3)22-17(19)21/h4-8,10H,3,9H2,1-2H3. The molecule has 0 spiro atoms. The highest BCUT2D eigenvalue weighted by atomic mass is 32.2. The average molecular weight is 312 g/mol. The molecule has 1 saturated heterocycles. The van der Waals surface area contributed by atoms with Crippen LogP contribution in [0.15, 0.2) is 53.6 Å². The number of thioether (sulfide) groups is 1. The third kappa shape index (κ3) is 2.37. The van der Waals surface area contributed by atoms with E-state index in [2.05, 4.69) is 31.1 Å². The summed E-state index contributed by atoms with van der Waals surface area (Å²) in [5, 5.41) is 0.598. The van der Waals surface area contributed by atoms with Gasteiger partial charge in [-0.3, -0.25) is 9.59 Å². The number of imide groups is 1. The maximum Gasteiger partial charge on any atom is 0.298 e. The van der Waals surface area contributed by atoms with Crippen molar-refractivity contribution in [3.05, 3.63) is 53.6 Å². The van der Waals surface area contributed by atoms with Crippen LogP contribution in [0.2, 0.25) is 0 Å². The SMILES string of the molecule is C=C1SC(=O)N(c2cccc3c2ccn3CC=C(C)C)C1=O. The number of rotatable bonds is 3. The third-order valence-electron chi connectivity index (χ3n) is 3.56. The number of anilines is 1. The van der Waals surface area contributed by atoms with Crippen molar-refractivity contribution in [3.63, 3.8) is 0 Å². The lowest BCUT2D eigenvalue weighted by Crippen LogP contribution is -2.27. The number of allylic oxidation sites excluding steroid dienone is 2. The molecule has 1 aromatic heterocycles. The molecule has 2 aromatic rings. The lowest BCUT2D eigenvalue weighted by Gasteiger charge is -2.14. The molecule has 3 rings (SSSR count). The van der Waals surface area contributed by atoms with Gasteiger partial charge in [0.2, 0.25) is 0 Å². The number of aromatic nitrogens is 1. The molecule has 0 bridgehead atoms. The molecule has 4 nitrogen and oxygen atoms in total. The fourth-order valence-electron chi connectivity index (χ4n) is 2.45. The molecular weight excluding hydrogens is 296 g/mol. The molecule has 0 radical (unpaired) electrons. The van der Waals surface area contributed by atoms with E-state index in [1.54, 1.807) is 6.07 Å². The molecule has 112 valence electrons. The number of nitrogens with zero attached hydrogens (tertiary/aromatic N) is 2. The number of amides is 2. The van der Waals surface area contributed by atoms with Crippen molar-refractivity contribution in [1.29, 1.82) is 0 Å². The first-order chi connectivity index (χ1) is 10.5. The highest BCUT2D eigenvalue weighted by Crippen LogP contribution is 2.37. The van der Waals surface area contributed by atoms with Crippen molar-refractivity contribution in [2.75, 3.05) is 4.90 Å². The quantitative estimate of drug-likeness (QED) is 0.626. The molecule has 0 aliphatic carbocycles. The minimum absolute atomic E-state index is 0.269. The Bertz CT molecular complexity index is 828. The van der Waals surface area contributed by atoms with Gasteiger partial charge in [-0.2, -0.15) is 0 Å². The molecule has 2 amide bonds. The minimum Gasteiger partial charge on any atom is -0.344 e. The number of carbonyl (C=O) groups excluding carboxylic acids is 2. The fraction of sp³-hybridized carbons (Fsp3) is 0.176. The van der Waals surface area contributed by atoms with Crippen molar-refractivity contribution < 1.29 is 9.59 Å². The van der Waals surface area contributed by atoms with Crippen molar-refractivity contribution in [3.8, 4) is 0 Å². The summed E-state index contributed by atoms with van der Waals surface area (Å²) < 4.78 is 2.10. The van der Waals surface area contributed by atoms with E-state index in [0.29, 0.717) is 5.69 Å². The van der Waals surface area contributed by atoms with Gasteiger partial charge in [0.25, 0.3) is 11.1 Å². The van der Waals surface area contributed by atoms with Crippen LogP contribution in [-0.4, -0.2) is 15.7 Å². The molecule has 2 heterocycles. The average Bonchev–Trinajstić information content (AvgIpc) is 2.99. The Morgan fingerprint density at radius 3 is 2.68 bits per heavy atom. The maximum atomic E-state index is 12.2. The Balaban J connectivity index is 2.09. The molecule has 0 unspecified atom stereocenters. The predicted octanol–water partition coefficient (Wildman–Crippen LogP) is 4.32. The van der Waals surface area contributed by atoms with E-state index in [-0.39, 0.29) is 16.1 Å². The second kappa shape index (κ2) is 5.50. The Labute approximate surface area is 133 Å². The van der Waals surface area contributed by atoms with Crippen molar-refractivity contribution in [2.45, 2.75) is 20.4 Å². The van der Waals surface area contributed by atoms with Crippen LogP contribution in [0.4, 0.5) is 10.5 Å². The highest BCUT2D eigenvalue weighted by Gasteiger charge is 2.35. The van der Waals surface area contributed by atoms with E-state index in [0.717, 1.165) is 29.2 Å².